The number of anilines is 2. The number of hydrogen-bond acceptors (Lipinski definition) is 5. The molecule has 0 aliphatic carbocycles. The normalized spacial score (nSPS) is 11.3. The molecule has 0 amide bonds. The molecule has 0 saturated heterocycles. The first-order chi connectivity index (χ1) is 13.0. The number of nitrogens with one attached hydrogen (secondary N) is 1. The average Bonchev–Trinajstić information content (AvgIpc) is 3.15. The molecule has 0 aliphatic rings. The Bertz CT molecular complexity index is 1140. The van der Waals surface area contributed by atoms with Crippen molar-refractivity contribution in [3.63, 3.8) is 0 Å². The molecule has 3 heterocycles. The number of nitrogens with zero attached hydrogens (tertiary/aromatic N) is 5. The number of aryl methyl sites for hydroxylation is 2. The topological polar surface area (TPSA) is 86.6 Å². The highest BCUT2D eigenvalue weighted by atomic mass is 35.5. The van der Waals surface area contributed by atoms with Gasteiger partial charge in [-0.2, -0.15) is 10.1 Å². The maximum Gasteiger partial charge on any atom is 0.229 e. The van der Waals surface area contributed by atoms with Crippen LogP contribution in [0.4, 0.5) is 11.6 Å². The maximum atomic E-state index is 6.46. The lowest BCUT2D eigenvalue weighted by atomic mass is 10.2. The van der Waals surface area contributed by atoms with Gasteiger partial charge in [-0.15, -0.1) is 0 Å². The number of rotatable bonds is 4. The summed E-state index contributed by atoms with van der Waals surface area (Å²) in [5.41, 5.74) is 10.6. The summed E-state index contributed by atoms with van der Waals surface area (Å²) in [6.07, 6.45) is 3.59. The minimum Gasteiger partial charge on any atom is -0.346 e. The molecule has 3 N–H and O–H groups in total. The van der Waals surface area contributed by atoms with E-state index in [1.807, 2.05) is 45.3 Å². The first-order valence-electron chi connectivity index (χ1n) is 8.58. The van der Waals surface area contributed by atoms with Gasteiger partial charge in [-0.05, 0) is 32.0 Å². The Morgan fingerprint density at radius 1 is 1.22 bits per heavy atom. The summed E-state index contributed by atoms with van der Waals surface area (Å²) >= 11 is 6.46. The van der Waals surface area contributed by atoms with Gasteiger partial charge in [0.2, 0.25) is 5.95 Å². The molecule has 0 atom stereocenters. The summed E-state index contributed by atoms with van der Waals surface area (Å²) in [6.45, 7) is 4.38. The van der Waals surface area contributed by atoms with Crippen LogP contribution in [0.25, 0.3) is 16.7 Å². The number of fused-ring (bicyclic) bond motifs is 1. The van der Waals surface area contributed by atoms with E-state index >= 15 is 0 Å². The van der Waals surface area contributed by atoms with Gasteiger partial charge in [0.05, 0.1) is 10.7 Å². The predicted octanol–water partition coefficient (Wildman–Crippen LogP) is 3.63. The number of hydrogen-bond donors (Lipinski definition) is 2. The fourth-order valence-corrected chi connectivity index (χ4v) is 3.36. The van der Waals surface area contributed by atoms with Crippen molar-refractivity contribution >= 4 is 34.1 Å². The number of nitrogens with two attached hydrogens (primary N) is 1. The minimum absolute atomic E-state index is 0.444. The van der Waals surface area contributed by atoms with Crippen LogP contribution in [0.1, 0.15) is 17.0 Å². The molecule has 3 aromatic heterocycles. The van der Waals surface area contributed by atoms with Crippen molar-refractivity contribution in [2.75, 3.05) is 5.32 Å². The van der Waals surface area contributed by atoms with Crippen molar-refractivity contribution in [3.05, 3.63) is 58.6 Å². The van der Waals surface area contributed by atoms with E-state index in [1.54, 1.807) is 16.9 Å². The van der Waals surface area contributed by atoms with Crippen LogP contribution in [0.2, 0.25) is 5.02 Å². The molecule has 0 saturated carbocycles. The Labute approximate surface area is 161 Å². The zero-order chi connectivity index (χ0) is 19.1. The van der Waals surface area contributed by atoms with Crippen LogP contribution in [-0.2, 0) is 13.6 Å². The monoisotopic (exact) mass is 381 g/mol. The molecule has 4 aromatic rings. The fourth-order valence-electron chi connectivity index (χ4n) is 3.08. The third-order valence-corrected chi connectivity index (χ3v) is 5.24. The van der Waals surface area contributed by atoms with Gasteiger partial charge in [-0.25, -0.2) is 9.67 Å². The van der Waals surface area contributed by atoms with Gasteiger partial charge in [0.25, 0.3) is 0 Å². The summed E-state index contributed by atoms with van der Waals surface area (Å²) < 4.78 is 3.79. The van der Waals surface area contributed by atoms with Gasteiger partial charge in [0, 0.05) is 59.9 Å². The molecule has 0 fully saturated rings. The Kier molecular flexibility index (Phi) is 4.33. The fraction of sp³-hybridized carbons (Fsp3) is 0.211. The standard InChI is InChI=1S/C19H20ClN7/c1-11-13(9-21)10-27(25-11)17-6-7-22-19(24-17)23-14-4-5-16-15(8-14)18(20)12(2)26(16)3/h4-8,10H,9,21H2,1-3H3,(H,22,23,24). The second kappa shape index (κ2) is 6.68. The van der Waals surface area contributed by atoms with Crippen molar-refractivity contribution < 1.29 is 0 Å². The second-order valence-electron chi connectivity index (χ2n) is 6.44. The quantitative estimate of drug-likeness (QED) is 0.563. The van der Waals surface area contributed by atoms with E-state index in [0.717, 1.165) is 38.6 Å². The molecule has 0 spiro atoms. The van der Waals surface area contributed by atoms with Crippen LogP contribution in [0.15, 0.2) is 36.7 Å². The van der Waals surface area contributed by atoms with Crippen LogP contribution < -0.4 is 11.1 Å². The van der Waals surface area contributed by atoms with E-state index < -0.39 is 0 Å². The Balaban J connectivity index is 1.67. The van der Waals surface area contributed by atoms with Gasteiger partial charge in [-0.1, -0.05) is 11.6 Å². The average molecular weight is 382 g/mol. The van der Waals surface area contributed by atoms with Gasteiger partial charge in [-0.3, -0.25) is 0 Å². The van der Waals surface area contributed by atoms with Gasteiger partial charge >= 0.3 is 0 Å². The molecular weight excluding hydrogens is 362 g/mol. The number of benzene rings is 1. The van der Waals surface area contributed by atoms with E-state index in [1.165, 1.54) is 0 Å². The van der Waals surface area contributed by atoms with E-state index in [2.05, 4.69) is 25.0 Å². The lowest BCUT2D eigenvalue weighted by Crippen LogP contribution is -2.03. The Hall–Kier alpha value is -2.90. The lowest BCUT2D eigenvalue weighted by molar-refractivity contribution is 0.828. The van der Waals surface area contributed by atoms with Crippen molar-refractivity contribution in [2.45, 2.75) is 20.4 Å². The summed E-state index contributed by atoms with van der Waals surface area (Å²) in [5, 5.41) is 9.46. The molecule has 0 unspecified atom stereocenters. The molecule has 27 heavy (non-hydrogen) atoms. The van der Waals surface area contributed by atoms with E-state index in [0.29, 0.717) is 18.3 Å². The van der Waals surface area contributed by atoms with Gasteiger partial charge < -0.3 is 15.6 Å². The molecule has 0 bridgehead atoms. The molecule has 0 radical (unpaired) electrons. The van der Waals surface area contributed by atoms with Crippen molar-refractivity contribution in [1.82, 2.24) is 24.3 Å². The van der Waals surface area contributed by atoms with Gasteiger partial charge in [0.1, 0.15) is 0 Å². The molecular formula is C19H20ClN7. The van der Waals surface area contributed by atoms with Crippen LogP contribution in [0.5, 0.6) is 0 Å². The largest absolute Gasteiger partial charge is 0.346 e. The zero-order valence-corrected chi connectivity index (χ0v) is 16.1. The summed E-state index contributed by atoms with van der Waals surface area (Å²) in [7, 11) is 2.00. The number of aromatic nitrogens is 5. The van der Waals surface area contributed by atoms with Gasteiger partial charge in [0.15, 0.2) is 5.82 Å². The van der Waals surface area contributed by atoms with Crippen LogP contribution >= 0.6 is 11.6 Å². The highest BCUT2D eigenvalue weighted by Gasteiger charge is 2.11. The first kappa shape index (κ1) is 17.5. The Morgan fingerprint density at radius 3 is 2.78 bits per heavy atom. The third kappa shape index (κ3) is 3.05. The molecule has 8 heteroatoms. The highest BCUT2D eigenvalue weighted by molar-refractivity contribution is 6.36. The summed E-state index contributed by atoms with van der Waals surface area (Å²) in [6, 6.07) is 7.83. The first-order valence-corrected chi connectivity index (χ1v) is 8.96. The molecule has 138 valence electrons. The molecule has 4 rings (SSSR count). The second-order valence-corrected chi connectivity index (χ2v) is 6.82. The summed E-state index contributed by atoms with van der Waals surface area (Å²) in [4.78, 5) is 8.86. The number of halogens is 1. The predicted molar refractivity (Wildman–Crippen MR) is 108 cm³/mol. The lowest BCUT2D eigenvalue weighted by Gasteiger charge is -2.07. The SMILES string of the molecule is Cc1nn(-c2ccnc(Nc3ccc4c(c3)c(Cl)c(C)n4C)n2)cc1CN. The molecule has 7 nitrogen and oxygen atoms in total. The van der Waals surface area contributed by atoms with Crippen LogP contribution in [-0.4, -0.2) is 24.3 Å². The van der Waals surface area contributed by atoms with E-state index in [9.17, 15) is 0 Å². The maximum absolute atomic E-state index is 6.46. The van der Waals surface area contributed by atoms with Crippen molar-refractivity contribution in [3.8, 4) is 5.82 Å². The minimum atomic E-state index is 0.444. The summed E-state index contributed by atoms with van der Waals surface area (Å²) in [5.74, 6) is 1.16. The van der Waals surface area contributed by atoms with Crippen molar-refractivity contribution in [2.24, 2.45) is 12.8 Å². The zero-order valence-electron chi connectivity index (χ0n) is 15.4. The molecule has 0 aliphatic heterocycles. The van der Waals surface area contributed by atoms with Crippen LogP contribution in [0, 0.1) is 13.8 Å². The third-order valence-electron chi connectivity index (χ3n) is 4.77. The molecule has 1 aromatic carbocycles. The van der Waals surface area contributed by atoms with Crippen LogP contribution in [0.3, 0.4) is 0 Å². The smallest absolute Gasteiger partial charge is 0.229 e. The Morgan fingerprint density at radius 2 is 2.04 bits per heavy atom. The van der Waals surface area contributed by atoms with E-state index in [-0.39, 0.29) is 0 Å². The van der Waals surface area contributed by atoms with Crippen molar-refractivity contribution in [1.29, 1.82) is 0 Å². The highest BCUT2D eigenvalue weighted by Crippen LogP contribution is 2.31. The van der Waals surface area contributed by atoms with E-state index in [4.69, 9.17) is 17.3 Å².